The van der Waals surface area contributed by atoms with Crippen molar-refractivity contribution in [2.75, 3.05) is 6.61 Å². The van der Waals surface area contributed by atoms with E-state index in [1.54, 1.807) is 6.92 Å². The lowest BCUT2D eigenvalue weighted by atomic mass is 9.86. The highest BCUT2D eigenvalue weighted by atomic mass is 16.5. The lowest BCUT2D eigenvalue weighted by Gasteiger charge is -2.19. The molecule has 2 atom stereocenters. The molecule has 1 fully saturated rings. The number of benzene rings is 1. The summed E-state index contributed by atoms with van der Waals surface area (Å²) < 4.78 is 5.02. The van der Waals surface area contributed by atoms with Crippen molar-refractivity contribution >= 4 is 11.8 Å². The summed E-state index contributed by atoms with van der Waals surface area (Å²) in [5, 5.41) is 9.83. The normalized spacial score (nSPS) is 22.1. The molecule has 1 aromatic rings. The molecular weight excluding hydrogens is 256 g/mol. The molecule has 4 heteroatoms. The van der Waals surface area contributed by atoms with Gasteiger partial charge in [0.2, 0.25) is 0 Å². The molecule has 1 N–H and O–H groups in total. The van der Waals surface area contributed by atoms with E-state index >= 15 is 0 Å². The molecule has 1 aliphatic rings. The van der Waals surface area contributed by atoms with Crippen molar-refractivity contribution < 1.29 is 19.4 Å². The van der Waals surface area contributed by atoms with E-state index in [0.717, 1.165) is 16.7 Å². The summed E-state index contributed by atoms with van der Waals surface area (Å²) in [7, 11) is 0. The number of esters is 1. The van der Waals surface area contributed by atoms with Crippen molar-refractivity contribution in [3.05, 3.63) is 28.8 Å². The van der Waals surface area contributed by atoms with Gasteiger partial charge in [-0.05, 0) is 43.9 Å². The number of Topliss-reactive ketones (excluding diaryl/α,β-unsaturated/α-hetero) is 1. The van der Waals surface area contributed by atoms with Crippen LogP contribution in [0, 0.1) is 19.8 Å². The zero-order chi connectivity index (χ0) is 14.9. The molecule has 0 unspecified atom stereocenters. The number of phenols is 1. The Kier molecular flexibility index (Phi) is 4.12. The van der Waals surface area contributed by atoms with Gasteiger partial charge in [-0.25, -0.2) is 0 Å². The van der Waals surface area contributed by atoms with Crippen LogP contribution in [0.25, 0.3) is 0 Å². The van der Waals surface area contributed by atoms with E-state index in [-0.39, 0.29) is 24.1 Å². The number of carbonyl (C=O) groups excluding carboxylic acids is 2. The van der Waals surface area contributed by atoms with Crippen molar-refractivity contribution in [2.24, 2.45) is 5.92 Å². The fourth-order valence-electron chi connectivity index (χ4n) is 2.93. The molecule has 0 aliphatic heterocycles. The fraction of sp³-hybridized carbons (Fsp3) is 0.500. The first kappa shape index (κ1) is 14.6. The number of phenolic OH excluding ortho intramolecular Hbond substituents is 1. The largest absolute Gasteiger partial charge is 0.507 e. The van der Waals surface area contributed by atoms with Crippen molar-refractivity contribution in [1.29, 1.82) is 0 Å². The molecule has 0 aromatic heterocycles. The molecule has 1 aliphatic carbocycles. The quantitative estimate of drug-likeness (QED) is 0.681. The number of carbonyl (C=O) groups is 2. The van der Waals surface area contributed by atoms with E-state index in [2.05, 4.69) is 0 Å². The first-order valence-electron chi connectivity index (χ1n) is 6.95. The van der Waals surface area contributed by atoms with Gasteiger partial charge in [0.05, 0.1) is 6.61 Å². The van der Waals surface area contributed by atoms with Crippen LogP contribution < -0.4 is 0 Å². The summed E-state index contributed by atoms with van der Waals surface area (Å²) >= 11 is 0. The number of rotatable bonds is 3. The van der Waals surface area contributed by atoms with E-state index < -0.39 is 11.9 Å². The van der Waals surface area contributed by atoms with Crippen LogP contribution >= 0.6 is 0 Å². The highest BCUT2D eigenvalue weighted by Gasteiger charge is 2.41. The average Bonchev–Trinajstić information content (AvgIpc) is 2.77. The molecule has 20 heavy (non-hydrogen) atoms. The Morgan fingerprint density at radius 2 is 1.95 bits per heavy atom. The topological polar surface area (TPSA) is 63.6 Å². The third kappa shape index (κ3) is 2.55. The van der Waals surface area contributed by atoms with Crippen LogP contribution in [-0.4, -0.2) is 23.5 Å². The van der Waals surface area contributed by atoms with Crippen LogP contribution in [0.5, 0.6) is 5.75 Å². The minimum absolute atomic E-state index is 0.0446. The van der Waals surface area contributed by atoms with E-state index in [1.165, 1.54) is 0 Å². The number of ether oxygens (including phenoxy) is 1. The van der Waals surface area contributed by atoms with Crippen molar-refractivity contribution in [2.45, 2.75) is 39.5 Å². The fourth-order valence-corrected chi connectivity index (χ4v) is 2.93. The van der Waals surface area contributed by atoms with Crippen LogP contribution in [0.1, 0.15) is 42.4 Å². The molecule has 4 nitrogen and oxygen atoms in total. The maximum atomic E-state index is 12.0. The molecule has 0 bridgehead atoms. The van der Waals surface area contributed by atoms with Crippen LogP contribution in [0.2, 0.25) is 0 Å². The van der Waals surface area contributed by atoms with Gasteiger partial charge >= 0.3 is 5.97 Å². The highest BCUT2D eigenvalue weighted by Crippen LogP contribution is 2.40. The van der Waals surface area contributed by atoms with Gasteiger partial charge in [-0.15, -0.1) is 0 Å². The maximum absolute atomic E-state index is 12.0. The molecule has 0 spiro atoms. The molecule has 108 valence electrons. The van der Waals surface area contributed by atoms with Gasteiger partial charge in [0.25, 0.3) is 0 Å². The van der Waals surface area contributed by atoms with E-state index in [9.17, 15) is 14.7 Å². The van der Waals surface area contributed by atoms with Gasteiger partial charge in [0.1, 0.15) is 17.5 Å². The first-order valence-corrected chi connectivity index (χ1v) is 6.95. The van der Waals surface area contributed by atoms with Crippen molar-refractivity contribution in [1.82, 2.24) is 0 Å². The standard InChI is InChI=1S/C16H20O4/c1-4-20-16(19)14-12(5-6-13(14)17)11-7-9(2)15(18)10(3)8-11/h7-8,12,14,18H,4-6H2,1-3H3/t12-,14-/m1/s1. The van der Waals surface area contributed by atoms with Crippen LogP contribution in [0.4, 0.5) is 0 Å². The number of aromatic hydroxyl groups is 1. The molecule has 0 amide bonds. The van der Waals surface area contributed by atoms with Crippen LogP contribution in [-0.2, 0) is 14.3 Å². The number of aryl methyl sites for hydroxylation is 2. The summed E-state index contributed by atoms with van der Waals surface area (Å²) in [6.07, 6.45) is 1.07. The molecular formula is C16H20O4. The number of hydrogen-bond acceptors (Lipinski definition) is 4. The lowest BCUT2D eigenvalue weighted by molar-refractivity contribution is -0.151. The summed E-state index contributed by atoms with van der Waals surface area (Å²) in [5.74, 6) is -1.04. The van der Waals surface area contributed by atoms with Crippen LogP contribution in [0.3, 0.4) is 0 Å². The van der Waals surface area contributed by atoms with Gasteiger partial charge < -0.3 is 9.84 Å². The van der Waals surface area contributed by atoms with Gasteiger partial charge in [0.15, 0.2) is 0 Å². The van der Waals surface area contributed by atoms with Gasteiger partial charge in [0, 0.05) is 12.3 Å². The summed E-state index contributed by atoms with van der Waals surface area (Å²) in [5.41, 5.74) is 2.46. The number of ketones is 1. The Bertz CT molecular complexity index is 524. The van der Waals surface area contributed by atoms with Crippen molar-refractivity contribution in [3.63, 3.8) is 0 Å². The zero-order valence-corrected chi connectivity index (χ0v) is 12.1. The monoisotopic (exact) mass is 276 g/mol. The predicted molar refractivity (Wildman–Crippen MR) is 74.7 cm³/mol. The van der Waals surface area contributed by atoms with Crippen molar-refractivity contribution in [3.8, 4) is 5.75 Å². The second kappa shape index (κ2) is 5.65. The average molecular weight is 276 g/mol. The van der Waals surface area contributed by atoms with Gasteiger partial charge in [-0.2, -0.15) is 0 Å². The predicted octanol–water partition coefficient (Wildman–Crippen LogP) is 2.63. The van der Waals surface area contributed by atoms with Crippen LogP contribution in [0.15, 0.2) is 12.1 Å². The highest BCUT2D eigenvalue weighted by molar-refractivity contribution is 6.01. The minimum Gasteiger partial charge on any atom is -0.507 e. The number of hydrogen-bond donors (Lipinski definition) is 1. The first-order chi connectivity index (χ1) is 9.45. The Morgan fingerprint density at radius 1 is 1.35 bits per heavy atom. The molecule has 1 aromatic carbocycles. The minimum atomic E-state index is -0.696. The molecule has 1 saturated carbocycles. The van der Waals surface area contributed by atoms with Gasteiger partial charge in [-0.1, -0.05) is 12.1 Å². The Hall–Kier alpha value is -1.84. The molecule has 0 saturated heterocycles. The molecule has 0 radical (unpaired) electrons. The van der Waals surface area contributed by atoms with E-state index in [1.807, 2.05) is 26.0 Å². The maximum Gasteiger partial charge on any atom is 0.317 e. The van der Waals surface area contributed by atoms with E-state index in [4.69, 9.17) is 4.74 Å². The van der Waals surface area contributed by atoms with Gasteiger partial charge in [-0.3, -0.25) is 9.59 Å². The summed E-state index contributed by atoms with van der Waals surface area (Å²) in [4.78, 5) is 23.9. The summed E-state index contributed by atoms with van der Waals surface area (Å²) in [6.45, 7) is 5.66. The second-order valence-corrected chi connectivity index (χ2v) is 5.34. The Balaban J connectivity index is 2.36. The third-order valence-corrected chi connectivity index (χ3v) is 3.93. The molecule has 2 rings (SSSR count). The third-order valence-electron chi connectivity index (χ3n) is 3.93. The second-order valence-electron chi connectivity index (χ2n) is 5.34. The Morgan fingerprint density at radius 3 is 2.50 bits per heavy atom. The smallest absolute Gasteiger partial charge is 0.317 e. The summed E-state index contributed by atoms with van der Waals surface area (Å²) in [6, 6.07) is 3.72. The molecule has 0 heterocycles. The van der Waals surface area contributed by atoms with E-state index in [0.29, 0.717) is 12.8 Å². The SMILES string of the molecule is CCOC(=O)[C@H]1C(=O)CC[C@@H]1c1cc(C)c(O)c(C)c1. The lowest BCUT2D eigenvalue weighted by Crippen LogP contribution is -2.26. The zero-order valence-electron chi connectivity index (χ0n) is 12.1. The Labute approximate surface area is 118 Å².